The Morgan fingerprint density at radius 2 is 1.85 bits per heavy atom. The van der Waals surface area contributed by atoms with Gasteiger partial charge in [-0.05, 0) is 49.7 Å². The minimum atomic E-state index is -0.552. The van der Waals surface area contributed by atoms with Gasteiger partial charge in [0, 0.05) is 11.7 Å². The first-order valence-electron chi connectivity index (χ1n) is 6.27. The van der Waals surface area contributed by atoms with Crippen LogP contribution in [0.1, 0.15) is 38.1 Å². The van der Waals surface area contributed by atoms with E-state index in [-0.39, 0.29) is 0 Å². The molecule has 0 spiro atoms. The van der Waals surface area contributed by atoms with Crippen LogP contribution < -0.4 is 5.46 Å². The smallest absolute Gasteiger partial charge is 0.465 e. The Morgan fingerprint density at radius 3 is 2.35 bits per heavy atom. The van der Waals surface area contributed by atoms with Crippen LogP contribution in [-0.2, 0) is 14.0 Å². The van der Waals surface area contributed by atoms with Crippen LogP contribution in [0.2, 0.25) is 0 Å². The normalized spacial score (nSPS) is 20.0. The third kappa shape index (κ3) is 2.62. The largest absolute Gasteiger partial charge is 0.496 e. The molecule has 1 saturated heterocycles. The highest BCUT2D eigenvalue weighted by molar-refractivity contribution is 9.10. The molecule has 1 aromatic heterocycles. The van der Waals surface area contributed by atoms with E-state index in [1.54, 1.807) is 12.3 Å². The summed E-state index contributed by atoms with van der Waals surface area (Å²) >= 11 is 3.23. The molecule has 0 radical (unpaired) electrons. The van der Waals surface area contributed by atoms with Crippen molar-refractivity contribution in [3.63, 3.8) is 0 Å². The molecular weight excluding hydrogens is 325 g/mol. The van der Waals surface area contributed by atoms with Crippen LogP contribution in [0.5, 0.6) is 0 Å². The van der Waals surface area contributed by atoms with Crippen LogP contribution in [-0.4, -0.2) is 36.4 Å². The summed E-state index contributed by atoms with van der Waals surface area (Å²) < 4.78 is 17.0. The van der Waals surface area contributed by atoms with Gasteiger partial charge in [0.25, 0.3) is 0 Å². The molecule has 0 unspecified atom stereocenters. The van der Waals surface area contributed by atoms with Crippen molar-refractivity contribution in [3.8, 4) is 0 Å². The van der Waals surface area contributed by atoms with Gasteiger partial charge in [-0.25, -0.2) is 9.78 Å². The highest BCUT2D eigenvalue weighted by atomic mass is 79.9. The van der Waals surface area contributed by atoms with Gasteiger partial charge in [-0.15, -0.1) is 0 Å². The molecule has 0 aliphatic carbocycles. The number of halogens is 1. The lowest BCUT2D eigenvalue weighted by molar-refractivity contribution is 0.00578. The topological polar surface area (TPSA) is 57.7 Å². The molecule has 2 heterocycles. The van der Waals surface area contributed by atoms with E-state index >= 15 is 0 Å². The second-order valence-electron chi connectivity index (χ2n) is 5.69. The zero-order valence-corrected chi connectivity index (χ0v) is 13.8. The number of pyridine rings is 1. The second-order valence-corrected chi connectivity index (χ2v) is 6.44. The highest BCUT2D eigenvalue weighted by Crippen LogP contribution is 2.36. The van der Waals surface area contributed by atoms with E-state index in [4.69, 9.17) is 14.0 Å². The summed E-state index contributed by atoms with van der Waals surface area (Å²) in [4.78, 5) is 15.8. The van der Waals surface area contributed by atoms with Crippen LogP contribution in [0.25, 0.3) is 0 Å². The number of nitrogens with zero attached hydrogens (tertiary/aromatic N) is 1. The van der Waals surface area contributed by atoms with E-state index in [9.17, 15) is 4.79 Å². The Balaban J connectivity index is 2.34. The van der Waals surface area contributed by atoms with Gasteiger partial charge in [0.05, 0.1) is 23.9 Å². The standard InChI is InChI=1S/C13H17BBrNO4/c1-12(2)13(3,4)20-14(19-12)8-6-9(11(17)18-5)10(15)16-7-8/h6-7H,1-5H3. The third-order valence-corrected chi connectivity index (χ3v) is 4.42. The highest BCUT2D eigenvalue weighted by Gasteiger charge is 2.51. The maximum absolute atomic E-state index is 11.7. The van der Waals surface area contributed by atoms with Crippen LogP contribution >= 0.6 is 15.9 Å². The van der Waals surface area contributed by atoms with Gasteiger partial charge >= 0.3 is 13.1 Å². The molecule has 108 valence electrons. The van der Waals surface area contributed by atoms with Gasteiger partial charge < -0.3 is 14.0 Å². The van der Waals surface area contributed by atoms with Crippen molar-refractivity contribution in [1.82, 2.24) is 4.98 Å². The first-order chi connectivity index (χ1) is 9.18. The first-order valence-corrected chi connectivity index (χ1v) is 7.06. The van der Waals surface area contributed by atoms with Crippen LogP contribution in [0, 0.1) is 0 Å². The molecular formula is C13H17BBrNO4. The Hall–Kier alpha value is -0.915. The van der Waals surface area contributed by atoms with E-state index in [0.29, 0.717) is 15.6 Å². The Bertz CT molecular complexity index is 531. The van der Waals surface area contributed by atoms with Crippen LogP contribution in [0.3, 0.4) is 0 Å². The van der Waals surface area contributed by atoms with Gasteiger partial charge in [0.1, 0.15) is 4.60 Å². The predicted octanol–water partition coefficient (Wildman–Crippen LogP) is 1.93. The maximum Gasteiger partial charge on any atom is 0.496 e. The summed E-state index contributed by atoms with van der Waals surface area (Å²) in [5, 5.41) is 0. The fourth-order valence-corrected chi connectivity index (χ4v) is 2.20. The van der Waals surface area contributed by atoms with E-state index in [1.165, 1.54) is 7.11 Å². The third-order valence-electron chi connectivity index (χ3n) is 3.79. The number of esters is 1. The predicted molar refractivity (Wildman–Crippen MR) is 79.0 cm³/mol. The van der Waals surface area contributed by atoms with E-state index < -0.39 is 24.3 Å². The van der Waals surface area contributed by atoms with Gasteiger partial charge in [-0.2, -0.15) is 0 Å². The van der Waals surface area contributed by atoms with E-state index in [1.807, 2.05) is 27.7 Å². The van der Waals surface area contributed by atoms with Crippen LogP contribution in [0.4, 0.5) is 0 Å². The lowest BCUT2D eigenvalue weighted by Crippen LogP contribution is -2.41. The van der Waals surface area contributed by atoms with Crippen molar-refractivity contribution in [3.05, 3.63) is 22.4 Å². The van der Waals surface area contributed by atoms with Crippen molar-refractivity contribution in [2.75, 3.05) is 7.11 Å². The lowest BCUT2D eigenvalue weighted by Gasteiger charge is -2.32. The van der Waals surface area contributed by atoms with Crippen molar-refractivity contribution in [2.45, 2.75) is 38.9 Å². The first kappa shape index (κ1) is 15.5. The fourth-order valence-electron chi connectivity index (χ4n) is 1.83. The summed E-state index contributed by atoms with van der Waals surface area (Å²) in [6, 6.07) is 1.67. The monoisotopic (exact) mass is 341 g/mol. The number of ether oxygens (including phenoxy) is 1. The van der Waals surface area contributed by atoms with Crippen molar-refractivity contribution in [2.24, 2.45) is 0 Å². The van der Waals surface area contributed by atoms with Gasteiger partial charge in [-0.1, -0.05) is 0 Å². The summed E-state index contributed by atoms with van der Waals surface area (Å²) in [6.07, 6.45) is 1.62. The maximum atomic E-state index is 11.7. The van der Waals surface area contributed by atoms with Gasteiger partial charge in [0.2, 0.25) is 0 Å². The Morgan fingerprint density at radius 1 is 1.30 bits per heavy atom. The molecule has 0 amide bonds. The van der Waals surface area contributed by atoms with E-state index in [2.05, 4.69) is 20.9 Å². The molecule has 0 atom stereocenters. The molecule has 20 heavy (non-hydrogen) atoms. The number of aromatic nitrogens is 1. The summed E-state index contributed by atoms with van der Waals surface area (Å²) in [7, 11) is 0.778. The molecule has 1 aromatic rings. The number of rotatable bonds is 2. The number of carbonyl (C=O) groups is 1. The molecule has 5 nitrogen and oxygen atoms in total. The van der Waals surface area contributed by atoms with Crippen molar-refractivity contribution in [1.29, 1.82) is 0 Å². The molecule has 1 aliphatic rings. The summed E-state index contributed by atoms with van der Waals surface area (Å²) in [5.41, 5.74) is 0.166. The van der Waals surface area contributed by atoms with Crippen LogP contribution in [0.15, 0.2) is 16.9 Å². The summed E-state index contributed by atoms with van der Waals surface area (Å²) in [6.45, 7) is 7.89. The average Bonchev–Trinajstić information content (AvgIpc) is 2.58. The zero-order valence-electron chi connectivity index (χ0n) is 12.2. The number of carbonyl (C=O) groups excluding carboxylic acids is 1. The Kier molecular flexibility index (Phi) is 3.97. The SMILES string of the molecule is COC(=O)c1cc(B2OC(C)(C)C(C)(C)O2)cnc1Br. The second kappa shape index (κ2) is 5.13. The average molecular weight is 342 g/mol. The molecule has 0 aromatic carbocycles. The zero-order chi connectivity index (χ0) is 15.1. The molecule has 1 fully saturated rings. The molecule has 2 rings (SSSR count). The van der Waals surface area contributed by atoms with Crippen molar-refractivity contribution < 1.29 is 18.8 Å². The number of methoxy groups -OCH3 is 1. The molecule has 1 aliphatic heterocycles. The minimum Gasteiger partial charge on any atom is -0.465 e. The quantitative estimate of drug-likeness (QED) is 0.467. The number of hydrogen-bond acceptors (Lipinski definition) is 5. The number of hydrogen-bond donors (Lipinski definition) is 0. The molecule has 0 N–H and O–H groups in total. The minimum absolute atomic E-state index is 0.347. The van der Waals surface area contributed by atoms with Crippen molar-refractivity contribution >= 4 is 34.5 Å². The van der Waals surface area contributed by atoms with Gasteiger partial charge in [-0.3, -0.25) is 0 Å². The molecule has 7 heteroatoms. The lowest BCUT2D eigenvalue weighted by atomic mass is 9.80. The fraction of sp³-hybridized carbons (Fsp3) is 0.538. The van der Waals surface area contributed by atoms with E-state index in [0.717, 1.165) is 0 Å². The molecule has 0 saturated carbocycles. The summed E-state index contributed by atoms with van der Waals surface area (Å²) in [5.74, 6) is -0.456. The van der Waals surface area contributed by atoms with Gasteiger partial charge in [0.15, 0.2) is 0 Å². The Labute approximate surface area is 127 Å². The molecule has 0 bridgehead atoms.